The van der Waals surface area contributed by atoms with Crippen LogP contribution >= 0.6 is 0 Å². The molecule has 0 aromatic heterocycles. The minimum atomic E-state index is 0.139. The summed E-state index contributed by atoms with van der Waals surface area (Å²) in [5.74, 6) is 0.921. The lowest BCUT2D eigenvalue weighted by Crippen LogP contribution is -2.60. The van der Waals surface area contributed by atoms with Gasteiger partial charge in [0.05, 0.1) is 13.2 Å². The average molecular weight is 269 g/mol. The van der Waals surface area contributed by atoms with Crippen molar-refractivity contribution in [1.82, 2.24) is 10.4 Å². The Morgan fingerprint density at radius 1 is 1.26 bits per heavy atom. The molecule has 112 valence electrons. The van der Waals surface area contributed by atoms with Gasteiger partial charge in [-0.15, -0.1) is 0 Å². The molecular weight excluding hydrogens is 238 g/mol. The Balaban J connectivity index is 1.89. The monoisotopic (exact) mass is 269 g/mol. The zero-order chi connectivity index (χ0) is 13.6. The number of nitrogens with zero attached hydrogens (tertiary/aromatic N) is 1. The number of hydrogen-bond acceptors (Lipinski definition) is 4. The van der Waals surface area contributed by atoms with Crippen LogP contribution in [-0.4, -0.2) is 43.4 Å². The molecular formula is C15H31N3O. The van der Waals surface area contributed by atoms with Gasteiger partial charge < -0.3 is 10.5 Å². The highest BCUT2D eigenvalue weighted by Crippen LogP contribution is 2.32. The maximum absolute atomic E-state index is 6.12. The quantitative estimate of drug-likeness (QED) is 0.749. The van der Waals surface area contributed by atoms with Crippen LogP contribution in [0, 0.1) is 5.92 Å². The van der Waals surface area contributed by atoms with Crippen LogP contribution in [0.25, 0.3) is 0 Å². The summed E-state index contributed by atoms with van der Waals surface area (Å²) in [5, 5.41) is 2.33. The van der Waals surface area contributed by atoms with Crippen molar-refractivity contribution in [2.75, 3.05) is 32.8 Å². The Kier molecular flexibility index (Phi) is 6.07. The third-order valence-electron chi connectivity index (χ3n) is 4.79. The van der Waals surface area contributed by atoms with Crippen molar-refractivity contribution in [2.45, 2.75) is 57.4 Å². The highest BCUT2D eigenvalue weighted by Gasteiger charge is 2.33. The third kappa shape index (κ3) is 4.42. The van der Waals surface area contributed by atoms with Crippen molar-refractivity contribution >= 4 is 0 Å². The van der Waals surface area contributed by atoms with Gasteiger partial charge in [-0.3, -0.25) is 0 Å². The molecule has 19 heavy (non-hydrogen) atoms. The highest BCUT2D eigenvalue weighted by molar-refractivity contribution is 4.91. The summed E-state index contributed by atoms with van der Waals surface area (Å²) in [5.41, 5.74) is 10.0. The second kappa shape index (κ2) is 7.58. The van der Waals surface area contributed by atoms with Gasteiger partial charge in [0.25, 0.3) is 0 Å². The van der Waals surface area contributed by atoms with Gasteiger partial charge in [0.2, 0.25) is 0 Å². The molecule has 4 heteroatoms. The first-order chi connectivity index (χ1) is 9.28. The minimum absolute atomic E-state index is 0.139. The van der Waals surface area contributed by atoms with Crippen LogP contribution in [0.4, 0.5) is 0 Å². The van der Waals surface area contributed by atoms with E-state index in [0.717, 1.165) is 38.8 Å². The number of nitrogens with one attached hydrogen (secondary N) is 1. The summed E-state index contributed by atoms with van der Waals surface area (Å²) in [7, 11) is 0. The molecule has 0 aromatic rings. The van der Waals surface area contributed by atoms with E-state index in [2.05, 4.69) is 17.4 Å². The molecule has 0 bridgehead atoms. The maximum Gasteiger partial charge on any atom is 0.0608 e. The first-order valence-electron chi connectivity index (χ1n) is 8.08. The summed E-state index contributed by atoms with van der Waals surface area (Å²) in [4.78, 5) is 0. The molecule has 1 saturated heterocycles. The van der Waals surface area contributed by atoms with E-state index in [9.17, 15) is 0 Å². The van der Waals surface area contributed by atoms with E-state index in [0.29, 0.717) is 0 Å². The summed E-state index contributed by atoms with van der Waals surface area (Å²) in [6.45, 7) is 6.70. The third-order valence-corrected chi connectivity index (χ3v) is 4.79. The molecule has 0 aromatic carbocycles. The van der Waals surface area contributed by atoms with E-state index < -0.39 is 0 Å². The van der Waals surface area contributed by atoms with Gasteiger partial charge in [-0.2, -0.15) is 0 Å². The smallest absolute Gasteiger partial charge is 0.0608 e. The zero-order valence-corrected chi connectivity index (χ0v) is 12.5. The van der Waals surface area contributed by atoms with Gasteiger partial charge in [0.15, 0.2) is 0 Å². The normalized spacial score (nSPS) is 34.1. The van der Waals surface area contributed by atoms with Crippen LogP contribution in [-0.2, 0) is 4.74 Å². The van der Waals surface area contributed by atoms with Crippen LogP contribution < -0.4 is 11.2 Å². The molecule has 3 N–H and O–H groups in total. The zero-order valence-electron chi connectivity index (χ0n) is 12.5. The Bertz CT molecular complexity index is 256. The first kappa shape index (κ1) is 15.2. The van der Waals surface area contributed by atoms with Gasteiger partial charge in [-0.25, -0.2) is 10.4 Å². The summed E-state index contributed by atoms with van der Waals surface area (Å²) < 4.78 is 5.42. The molecule has 1 aliphatic heterocycles. The van der Waals surface area contributed by atoms with E-state index in [1.54, 1.807) is 0 Å². The summed E-state index contributed by atoms with van der Waals surface area (Å²) >= 11 is 0. The lowest BCUT2D eigenvalue weighted by Gasteiger charge is -2.40. The van der Waals surface area contributed by atoms with Gasteiger partial charge in [-0.05, 0) is 25.2 Å². The van der Waals surface area contributed by atoms with Crippen LogP contribution in [0.5, 0.6) is 0 Å². The van der Waals surface area contributed by atoms with Crippen molar-refractivity contribution in [2.24, 2.45) is 11.7 Å². The van der Waals surface area contributed by atoms with E-state index in [4.69, 9.17) is 10.5 Å². The standard InChI is InChI=1S/C15H31N3O/c1-2-4-14-5-3-7-15(13-16,8-6-14)17-18-9-11-19-12-10-18/h14,17H,2-13,16H2,1H3. The summed E-state index contributed by atoms with van der Waals surface area (Å²) in [6, 6.07) is 0. The number of hydrogen-bond donors (Lipinski definition) is 2. The first-order valence-corrected chi connectivity index (χ1v) is 8.08. The van der Waals surface area contributed by atoms with E-state index in [1.165, 1.54) is 44.9 Å². The minimum Gasteiger partial charge on any atom is -0.379 e. The number of ether oxygens (including phenoxy) is 1. The lowest BCUT2D eigenvalue weighted by atomic mass is 9.89. The Hall–Kier alpha value is -0.160. The predicted octanol–water partition coefficient (Wildman–Crippen LogP) is 1.90. The topological polar surface area (TPSA) is 50.5 Å². The van der Waals surface area contributed by atoms with Crippen molar-refractivity contribution in [1.29, 1.82) is 0 Å². The molecule has 0 spiro atoms. The summed E-state index contributed by atoms with van der Waals surface area (Å²) in [6.07, 6.45) is 9.20. The predicted molar refractivity (Wildman–Crippen MR) is 78.8 cm³/mol. The van der Waals surface area contributed by atoms with Crippen molar-refractivity contribution < 1.29 is 4.74 Å². The van der Waals surface area contributed by atoms with Crippen LogP contribution in [0.2, 0.25) is 0 Å². The number of nitrogens with two attached hydrogens (primary N) is 1. The van der Waals surface area contributed by atoms with Gasteiger partial charge in [0.1, 0.15) is 0 Å². The molecule has 0 amide bonds. The second-order valence-electron chi connectivity index (χ2n) is 6.28. The fourth-order valence-corrected chi connectivity index (χ4v) is 3.55. The van der Waals surface area contributed by atoms with E-state index >= 15 is 0 Å². The van der Waals surface area contributed by atoms with E-state index in [1.807, 2.05) is 0 Å². The van der Waals surface area contributed by atoms with Crippen molar-refractivity contribution in [3.8, 4) is 0 Å². The van der Waals surface area contributed by atoms with E-state index in [-0.39, 0.29) is 5.54 Å². The fraction of sp³-hybridized carbons (Fsp3) is 1.00. The number of rotatable bonds is 5. The largest absolute Gasteiger partial charge is 0.379 e. The molecule has 2 fully saturated rings. The fourth-order valence-electron chi connectivity index (χ4n) is 3.55. The van der Waals surface area contributed by atoms with Gasteiger partial charge in [-0.1, -0.05) is 32.6 Å². The number of hydrazine groups is 1. The second-order valence-corrected chi connectivity index (χ2v) is 6.28. The SMILES string of the molecule is CCCC1CCCC(CN)(NN2CCOCC2)CC1. The Labute approximate surface area is 118 Å². The molecule has 4 nitrogen and oxygen atoms in total. The average Bonchev–Trinajstić information content (AvgIpc) is 2.64. The van der Waals surface area contributed by atoms with Crippen LogP contribution in [0.3, 0.4) is 0 Å². The molecule has 0 radical (unpaired) electrons. The van der Waals surface area contributed by atoms with Crippen LogP contribution in [0.1, 0.15) is 51.9 Å². The highest BCUT2D eigenvalue weighted by atomic mass is 16.5. The Morgan fingerprint density at radius 2 is 2.05 bits per heavy atom. The van der Waals surface area contributed by atoms with Crippen LogP contribution in [0.15, 0.2) is 0 Å². The lowest BCUT2D eigenvalue weighted by molar-refractivity contribution is -0.0147. The molecule has 1 aliphatic carbocycles. The molecule has 2 atom stereocenters. The van der Waals surface area contributed by atoms with Crippen molar-refractivity contribution in [3.05, 3.63) is 0 Å². The molecule has 2 unspecified atom stereocenters. The molecule has 1 saturated carbocycles. The molecule has 2 aliphatic rings. The van der Waals surface area contributed by atoms with Crippen molar-refractivity contribution in [3.63, 3.8) is 0 Å². The molecule has 2 rings (SSSR count). The Morgan fingerprint density at radius 3 is 2.74 bits per heavy atom. The maximum atomic E-state index is 6.12. The van der Waals surface area contributed by atoms with Gasteiger partial charge >= 0.3 is 0 Å². The molecule has 1 heterocycles. The van der Waals surface area contributed by atoms with Gasteiger partial charge in [0, 0.05) is 25.2 Å². The number of morpholine rings is 1.